The second-order valence-corrected chi connectivity index (χ2v) is 6.16. The zero-order chi connectivity index (χ0) is 20.5. The fourth-order valence-corrected chi connectivity index (χ4v) is 2.36. The van der Waals surface area contributed by atoms with Crippen molar-refractivity contribution in [2.45, 2.75) is 20.3 Å². The van der Waals surface area contributed by atoms with Crippen molar-refractivity contribution >= 4 is 17.6 Å². The van der Waals surface area contributed by atoms with Gasteiger partial charge in [-0.2, -0.15) is 0 Å². The van der Waals surface area contributed by atoms with Crippen molar-refractivity contribution < 1.29 is 23.5 Å². The molecule has 2 N–H and O–H groups in total. The molecule has 0 atom stereocenters. The van der Waals surface area contributed by atoms with E-state index in [4.69, 9.17) is 4.74 Å². The number of aryl methyl sites for hydroxylation is 1. The molecule has 2 rings (SSSR count). The second-order valence-electron chi connectivity index (χ2n) is 6.16. The van der Waals surface area contributed by atoms with Crippen molar-refractivity contribution in [2.24, 2.45) is 0 Å². The van der Waals surface area contributed by atoms with Crippen molar-refractivity contribution in [1.82, 2.24) is 10.6 Å². The van der Waals surface area contributed by atoms with E-state index >= 15 is 0 Å². The molecule has 148 valence electrons. The van der Waals surface area contributed by atoms with E-state index in [1.165, 1.54) is 12.1 Å². The first-order valence-electron chi connectivity index (χ1n) is 8.97. The summed E-state index contributed by atoms with van der Waals surface area (Å²) in [4.78, 5) is 35.3. The molecule has 0 aromatic heterocycles. The molecule has 2 aromatic carbocycles. The van der Waals surface area contributed by atoms with Gasteiger partial charge in [-0.05, 0) is 48.9 Å². The largest absolute Gasteiger partial charge is 0.484 e. The lowest BCUT2D eigenvalue weighted by Crippen LogP contribution is -2.36. The van der Waals surface area contributed by atoms with E-state index in [0.29, 0.717) is 23.3 Å². The Morgan fingerprint density at radius 2 is 1.61 bits per heavy atom. The van der Waals surface area contributed by atoms with Crippen LogP contribution in [0.5, 0.6) is 5.75 Å². The summed E-state index contributed by atoms with van der Waals surface area (Å²) in [5, 5.41) is 5.22. The lowest BCUT2D eigenvalue weighted by molar-refractivity contribution is -0.123. The van der Waals surface area contributed by atoms with E-state index in [-0.39, 0.29) is 37.0 Å². The number of ketones is 1. The monoisotopic (exact) mass is 386 g/mol. The first-order chi connectivity index (χ1) is 13.4. The number of halogens is 1. The Bertz CT molecular complexity index is 850. The Morgan fingerprint density at radius 1 is 0.964 bits per heavy atom. The first-order valence-corrected chi connectivity index (χ1v) is 8.97. The van der Waals surface area contributed by atoms with Crippen molar-refractivity contribution in [2.75, 3.05) is 19.7 Å². The zero-order valence-electron chi connectivity index (χ0n) is 15.9. The van der Waals surface area contributed by atoms with Gasteiger partial charge in [0.25, 0.3) is 11.8 Å². The van der Waals surface area contributed by atoms with Gasteiger partial charge in [-0.3, -0.25) is 14.4 Å². The minimum Gasteiger partial charge on any atom is -0.484 e. The van der Waals surface area contributed by atoms with Crippen LogP contribution in [0.25, 0.3) is 0 Å². The number of rotatable bonds is 9. The Labute approximate surface area is 163 Å². The summed E-state index contributed by atoms with van der Waals surface area (Å²) >= 11 is 0. The first kappa shape index (κ1) is 21.1. The second kappa shape index (κ2) is 10.2. The number of hydrogen-bond acceptors (Lipinski definition) is 4. The molecule has 2 amide bonds. The van der Waals surface area contributed by atoms with Crippen molar-refractivity contribution in [3.8, 4) is 5.75 Å². The van der Waals surface area contributed by atoms with Gasteiger partial charge in [0.05, 0.1) is 0 Å². The topological polar surface area (TPSA) is 84.5 Å². The molecule has 0 aliphatic rings. The summed E-state index contributed by atoms with van der Waals surface area (Å²) in [5.41, 5.74) is 1.29. The summed E-state index contributed by atoms with van der Waals surface area (Å²) in [6.45, 7) is 3.64. The summed E-state index contributed by atoms with van der Waals surface area (Å²) in [5.74, 6) is -0.669. The van der Waals surface area contributed by atoms with Gasteiger partial charge in [0.2, 0.25) is 0 Å². The Morgan fingerprint density at radius 3 is 2.25 bits per heavy atom. The molecule has 0 heterocycles. The maximum Gasteiger partial charge on any atom is 0.258 e. The molecule has 6 nitrogen and oxygen atoms in total. The Kier molecular flexibility index (Phi) is 7.68. The molecule has 0 bridgehead atoms. The predicted octanol–water partition coefficient (Wildman–Crippen LogP) is 2.65. The zero-order valence-corrected chi connectivity index (χ0v) is 15.9. The summed E-state index contributed by atoms with van der Waals surface area (Å²) < 4.78 is 18.8. The van der Waals surface area contributed by atoms with Gasteiger partial charge in [0, 0.05) is 30.6 Å². The van der Waals surface area contributed by atoms with Gasteiger partial charge in [-0.1, -0.05) is 13.0 Å². The van der Waals surface area contributed by atoms with Crippen LogP contribution in [-0.4, -0.2) is 37.3 Å². The third-order valence-corrected chi connectivity index (χ3v) is 4.03. The molecule has 0 unspecified atom stereocenters. The highest BCUT2D eigenvalue weighted by Gasteiger charge is 2.08. The quantitative estimate of drug-likeness (QED) is 0.513. The van der Waals surface area contributed by atoms with Gasteiger partial charge in [-0.25, -0.2) is 4.39 Å². The summed E-state index contributed by atoms with van der Waals surface area (Å²) in [6.07, 6.45) is 0.429. The van der Waals surface area contributed by atoms with Gasteiger partial charge < -0.3 is 15.4 Å². The molecule has 0 saturated carbocycles. The molecule has 2 aromatic rings. The van der Waals surface area contributed by atoms with Crippen LogP contribution in [0.3, 0.4) is 0 Å². The van der Waals surface area contributed by atoms with Gasteiger partial charge >= 0.3 is 0 Å². The van der Waals surface area contributed by atoms with Gasteiger partial charge in [0.15, 0.2) is 12.4 Å². The molecule has 0 radical (unpaired) electrons. The molecular weight excluding hydrogens is 363 g/mol. The normalized spacial score (nSPS) is 10.2. The number of Topliss-reactive ketones (excluding diaryl/α,β-unsaturated/α-hetero) is 1. The summed E-state index contributed by atoms with van der Waals surface area (Å²) in [7, 11) is 0. The number of nitrogens with one attached hydrogen (secondary N) is 2. The van der Waals surface area contributed by atoms with Crippen molar-refractivity contribution in [1.29, 1.82) is 0 Å². The minimum absolute atomic E-state index is 0.0414. The smallest absolute Gasteiger partial charge is 0.258 e. The van der Waals surface area contributed by atoms with Gasteiger partial charge in [0.1, 0.15) is 11.6 Å². The van der Waals surface area contributed by atoms with Gasteiger partial charge in [-0.15, -0.1) is 0 Å². The Balaban J connectivity index is 1.67. The highest BCUT2D eigenvalue weighted by atomic mass is 19.1. The SMILES string of the molecule is CCC(=O)c1ccc(OCC(=O)NCCNC(=O)c2ccc(C)c(F)c2)cc1. The van der Waals surface area contributed by atoms with Crippen molar-refractivity contribution in [3.63, 3.8) is 0 Å². The number of amides is 2. The van der Waals surface area contributed by atoms with E-state index in [1.54, 1.807) is 44.2 Å². The number of hydrogen-bond donors (Lipinski definition) is 2. The van der Waals surface area contributed by atoms with Crippen LogP contribution >= 0.6 is 0 Å². The highest BCUT2D eigenvalue weighted by molar-refractivity contribution is 5.96. The molecule has 7 heteroatoms. The lowest BCUT2D eigenvalue weighted by atomic mass is 10.1. The standard InChI is InChI=1S/C21H23FN2O4/c1-3-19(25)15-6-8-17(9-7-15)28-13-20(26)23-10-11-24-21(27)16-5-4-14(2)18(22)12-16/h4-9,12H,3,10-11,13H2,1-2H3,(H,23,26)(H,24,27). The van der Waals surface area contributed by atoms with E-state index in [2.05, 4.69) is 10.6 Å². The minimum atomic E-state index is -0.440. The van der Waals surface area contributed by atoms with E-state index < -0.39 is 11.7 Å². The summed E-state index contributed by atoms with van der Waals surface area (Å²) in [6, 6.07) is 10.8. The number of carbonyl (C=O) groups excluding carboxylic acids is 3. The number of carbonyl (C=O) groups is 3. The third kappa shape index (κ3) is 6.19. The van der Waals surface area contributed by atoms with Crippen LogP contribution in [0, 0.1) is 12.7 Å². The maximum atomic E-state index is 13.5. The van der Waals surface area contributed by atoms with Crippen molar-refractivity contribution in [3.05, 3.63) is 65.0 Å². The number of benzene rings is 2. The van der Waals surface area contributed by atoms with E-state index in [1.807, 2.05) is 0 Å². The predicted molar refractivity (Wildman–Crippen MR) is 103 cm³/mol. The van der Waals surface area contributed by atoms with Crippen LogP contribution in [0.15, 0.2) is 42.5 Å². The maximum absolute atomic E-state index is 13.5. The number of ether oxygens (including phenoxy) is 1. The molecular formula is C21H23FN2O4. The average Bonchev–Trinajstić information content (AvgIpc) is 2.71. The molecule has 0 spiro atoms. The van der Waals surface area contributed by atoms with Crippen LogP contribution in [0.4, 0.5) is 4.39 Å². The fourth-order valence-electron chi connectivity index (χ4n) is 2.36. The van der Waals surface area contributed by atoms with Crippen LogP contribution in [0.2, 0.25) is 0 Å². The average molecular weight is 386 g/mol. The molecule has 0 fully saturated rings. The third-order valence-electron chi connectivity index (χ3n) is 4.03. The lowest BCUT2D eigenvalue weighted by Gasteiger charge is -2.09. The molecule has 0 aliphatic carbocycles. The van der Waals surface area contributed by atoms with Crippen LogP contribution in [-0.2, 0) is 4.79 Å². The van der Waals surface area contributed by atoms with Crippen LogP contribution in [0.1, 0.15) is 39.6 Å². The van der Waals surface area contributed by atoms with E-state index in [9.17, 15) is 18.8 Å². The fraction of sp³-hybridized carbons (Fsp3) is 0.286. The molecule has 28 heavy (non-hydrogen) atoms. The highest BCUT2D eigenvalue weighted by Crippen LogP contribution is 2.13. The van der Waals surface area contributed by atoms with Crippen LogP contribution < -0.4 is 15.4 Å². The Hall–Kier alpha value is -3.22. The van der Waals surface area contributed by atoms with E-state index in [0.717, 1.165) is 0 Å². The molecule has 0 aliphatic heterocycles. The molecule has 0 saturated heterocycles.